The van der Waals surface area contributed by atoms with Crippen LogP contribution in [0.4, 0.5) is 0 Å². The summed E-state index contributed by atoms with van der Waals surface area (Å²) >= 11 is 0. The Kier molecular flexibility index (Phi) is 2.70. The van der Waals surface area contributed by atoms with Crippen LogP contribution in [0.2, 0.25) is 19.6 Å². The monoisotopic (exact) mass is 129 g/mol. The Morgan fingerprint density at radius 3 is 1.50 bits per heavy atom. The molecule has 2 heteroatoms. The molecule has 0 spiro atoms. The molecule has 0 saturated carbocycles. The molecule has 0 atom stereocenters. The van der Waals surface area contributed by atoms with Gasteiger partial charge in [-0.05, 0) is 14.1 Å². The van der Waals surface area contributed by atoms with Crippen molar-refractivity contribution in [2.24, 2.45) is 0 Å². The molecular weight excluding hydrogens is 114 g/mol. The maximum Gasteiger partial charge on any atom is 0.0718 e. The highest BCUT2D eigenvalue weighted by molar-refractivity contribution is 6.79. The molecule has 0 heterocycles. The first-order valence-electron chi connectivity index (χ1n) is 2.87. The van der Waals surface area contributed by atoms with Crippen LogP contribution in [-0.4, -0.2) is 27.1 Å². The van der Waals surface area contributed by atoms with Crippen molar-refractivity contribution >= 4 is 8.07 Å². The lowest BCUT2D eigenvalue weighted by Crippen LogP contribution is -2.29. The van der Waals surface area contributed by atoms with Gasteiger partial charge in [0.05, 0.1) is 8.07 Å². The third-order valence-electron chi connectivity index (χ3n) is 0.559. The van der Waals surface area contributed by atoms with Crippen molar-refractivity contribution in [3.8, 4) is 0 Å². The van der Waals surface area contributed by atoms with Gasteiger partial charge in [-0.25, -0.2) is 0 Å². The number of hydrogen-bond acceptors (Lipinski definition) is 1. The van der Waals surface area contributed by atoms with Crippen molar-refractivity contribution in [1.29, 1.82) is 0 Å². The van der Waals surface area contributed by atoms with Gasteiger partial charge in [-0.3, -0.25) is 0 Å². The summed E-state index contributed by atoms with van der Waals surface area (Å²) < 4.78 is 0. The molecule has 0 saturated heterocycles. The topological polar surface area (TPSA) is 3.24 Å². The zero-order chi connectivity index (χ0) is 6.78. The summed E-state index contributed by atoms with van der Waals surface area (Å²) in [5.41, 5.74) is 0. The van der Waals surface area contributed by atoms with Crippen LogP contribution >= 0.6 is 0 Å². The van der Waals surface area contributed by atoms with E-state index in [1.807, 2.05) is 19.0 Å². The highest BCUT2D eigenvalue weighted by Gasteiger charge is 2.14. The largest absolute Gasteiger partial charge is 0.303 e. The Bertz CT molecular complexity index is 63.4. The zero-order valence-electron chi connectivity index (χ0n) is 6.45. The lowest BCUT2D eigenvalue weighted by Gasteiger charge is -2.18. The predicted octanol–water partition coefficient (Wildman–Crippen LogP) is 1.46. The van der Waals surface area contributed by atoms with Crippen LogP contribution in [0.5, 0.6) is 0 Å². The Hall–Kier alpha value is 0.177. The van der Waals surface area contributed by atoms with Gasteiger partial charge in [0.2, 0.25) is 0 Å². The molecule has 0 aromatic rings. The second kappa shape index (κ2) is 2.64. The van der Waals surface area contributed by atoms with Crippen molar-refractivity contribution in [1.82, 2.24) is 4.90 Å². The summed E-state index contributed by atoms with van der Waals surface area (Å²) in [6.07, 6.45) is 3.35. The lowest BCUT2D eigenvalue weighted by atomic mass is 11.0. The van der Waals surface area contributed by atoms with E-state index in [4.69, 9.17) is 0 Å². The Morgan fingerprint density at radius 2 is 1.50 bits per heavy atom. The van der Waals surface area contributed by atoms with Gasteiger partial charge in [-0.1, -0.05) is 19.6 Å². The van der Waals surface area contributed by atoms with Crippen LogP contribution in [0.15, 0.2) is 0 Å². The minimum absolute atomic E-state index is 1.04. The second-order valence-corrected chi connectivity index (χ2v) is 7.98. The molecule has 0 aliphatic carbocycles. The molecule has 8 heavy (non-hydrogen) atoms. The van der Waals surface area contributed by atoms with E-state index < -0.39 is 8.07 Å². The van der Waals surface area contributed by atoms with E-state index in [0.29, 0.717) is 0 Å². The minimum Gasteiger partial charge on any atom is -0.303 e. The van der Waals surface area contributed by atoms with Gasteiger partial charge in [0.25, 0.3) is 0 Å². The summed E-state index contributed by atoms with van der Waals surface area (Å²) in [5.74, 6) is 0. The minimum atomic E-state index is -1.04. The van der Waals surface area contributed by atoms with Gasteiger partial charge < -0.3 is 4.90 Å². The quantitative estimate of drug-likeness (QED) is 0.403. The summed E-state index contributed by atoms with van der Waals surface area (Å²) in [6, 6.07) is 0. The van der Waals surface area contributed by atoms with Crippen LogP contribution in [0.25, 0.3) is 0 Å². The maximum atomic E-state index is 3.35. The maximum absolute atomic E-state index is 3.35. The van der Waals surface area contributed by atoms with Gasteiger partial charge in [-0.2, -0.15) is 0 Å². The van der Waals surface area contributed by atoms with Crippen molar-refractivity contribution in [3.05, 3.63) is 6.17 Å². The molecule has 0 aromatic carbocycles. The van der Waals surface area contributed by atoms with Crippen LogP contribution < -0.4 is 0 Å². The van der Waals surface area contributed by atoms with Gasteiger partial charge in [0.1, 0.15) is 0 Å². The third-order valence-corrected chi connectivity index (χ3v) is 1.68. The van der Waals surface area contributed by atoms with Crippen LogP contribution in [0, 0.1) is 6.17 Å². The Balaban J connectivity index is 3.39. The van der Waals surface area contributed by atoms with Crippen molar-refractivity contribution in [3.63, 3.8) is 0 Å². The first kappa shape index (κ1) is 8.18. The normalized spacial score (nSPS) is 12.8. The van der Waals surface area contributed by atoms with E-state index in [0.717, 1.165) is 0 Å². The van der Waals surface area contributed by atoms with E-state index in [1.54, 1.807) is 0 Å². The van der Waals surface area contributed by atoms with E-state index in [-0.39, 0.29) is 0 Å². The van der Waals surface area contributed by atoms with Crippen LogP contribution in [-0.2, 0) is 0 Å². The fourth-order valence-corrected chi connectivity index (χ4v) is 2.01. The summed E-state index contributed by atoms with van der Waals surface area (Å²) in [7, 11) is 3.01. The number of nitrogens with zero attached hydrogens (tertiary/aromatic N) is 1. The smallest absolute Gasteiger partial charge is 0.0718 e. The first-order valence-corrected chi connectivity index (χ1v) is 6.37. The molecule has 0 rings (SSSR count). The molecule has 0 fully saturated rings. The van der Waals surface area contributed by atoms with Gasteiger partial charge in [-0.15, -0.1) is 0 Å². The number of rotatable bonds is 2. The third kappa shape index (κ3) is 6.18. The average Bonchev–Trinajstić information content (AvgIpc) is 1.21. The molecule has 0 aliphatic heterocycles. The number of hydrogen-bond donors (Lipinski definition) is 0. The molecule has 0 N–H and O–H groups in total. The fraction of sp³-hybridized carbons (Fsp3) is 0.833. The molecule has 0 aliphatic rings. The zero-order valence-corrected chi connectivity index (χ0v) is 7.45. The van der Waals surface area contributed by atoms with Gasteiger partial charge in [0.15, 0.2) is 0 Å². The molecule has 1 nitrogen and oxygen atoms in total. The second-order valence-electron chi connectivity index (χ2n) is 3.26. The Morgan fingerprint density at radius 1 is 1.12 bits per heavy atom. The molecule has 0 unspecified atom stereocenters. The summed E-state index contributed by atoms with van der Waals surface area (Å²) in [6.45, 7) is 6.81. The van der Waals surface area contributed by atoms with Crippen LogP contribution in [0.1, 0.15) is 0 Å². The van der Waals surface area contributed by atoms with Crippen molar-refractivity contribution in [2.45, 2.75) is 19.6 Å². The standard InChI is InChI=1S/C6H15NSi/c1-7(2)6-8(3,4)5/h1-5H3. The highest BCUT2D eigenvalue weighted by atomic mass is 28.3. The molecule has 0 aromatic heterocycles. The predicted molar refractivity (Wildman–Crippen MR) is 40.3 cm³/mol. The van der Waals surface area contributed by atoms with E-state index in [1.165, 1.54) is 0 Å². The van der Waals surface area contributed by atoms with Gasteiger partial charge >= 0.3 is 0 Å². The van der Waals surface area contributed by atoms with E-state index in [9.17, 15) is 0 Å². The van der Waals surface area contributed by atoms with Crippen molar-refractivity contribution in [2.75, 3.05) is 14.1 Å². The molecule has 48 valence electrons. The summed E-state index contributed by atoms with van der Waals surface area (Å²) in [5, 5.41) is 0. The van der Waals surface area contributed by atoms with Gasteiger partial charge in [0, 0.05) is 6.17 Å². The van der Waals surface area contributed by atoms with Crippen LogP contribution in [0.3, 0.4) is 0 Å². The lowest BCUT2D eigenvalue weighted by molar-refractivity contribution is 0.532. The first-order chi connectivity index (χ1) is 3.42. The van der Waals surface area contributed by atoms with Crippen molar-refractivity contribution < 1.29 is 0 Å². The van der Waals surface area contributed by atoms with E-state index >= 15 is 0 Å². The Labute approximate surface area is 53.7 Å². The molecule has 0 bridgehead atoms. The molecule has 0 amide bonds. The fourth-order valence-electron chi connectivity index (χ4n) is 0.671. The SMILES string of the molecule is CN(C)[C][Si](C)(C)C. The molecule has 2 radical (unpaired) electrons. The molecular formula is C6H15NSi. The summed E-state index contributed by atoms with van der Waals surface area (Å²) in [4.78, 5) is 2.02. The van der Waals surface area contributed by atoms with E-state index in [2.05, 4.69) is 25.8 Å². The average molecular weight is 129 g/mol. The highest BCUT2D eigenvalue weighted by Crippen LogP contribution is 2.05.